The second-order valence-corrected chi connectivity index (χ2v) is 15.5. The summed E-state index contributed by atoms with van der Waals surface area (Å²) in [5.41, 5.74) is -2.01. The Morgan fingerprint density at radius 1 is 0.619 bits per heavy atom. The molecule has 0 radical (unpaired) electrons. The Hall–Kier alpha value is -3.52. The molecule has 0 saturated carbocycles. The topological polar surface area (TPSA) is 157 Å². The first kappa shape index (κ1) is 34.7. The van der Waals surface area contributed by atoms with Crippen LogP contribution in [-0.2, 0) is 9.47 Å². The summed E-state index contributed by atoms with van der Waals surface area (Å²) in [6.45, 7) is 15.2. The van der Waals surface area contributed by atoms with Crippen molar-refractivity contribution in [3.05, 3.63) is 68.8 Å². The van der Waals surface area contributed by atoms with E-state index >= 15 is 0 Å². The Labute approximate surface area is 252 Å². The summed E-state index contributed by atoms with van der Waals surface area (Å²) in [6, 6.07) is 10.2. The van der Waals surface area contributed by atoms with E-state index in [1.54, 1.807) is 49.3 Å². The largest absolute Gasteiger partial charge is 0.514 e. The van der Waals surface area contributed by atoms with E-state index < -0.39 is 33.4 Å². The predicted molar refractivity (Wildman–Crippen MR) is 161 cm³/mol. The lowest BCUT2D eigenvalue weighted by atomic mass is 9.95. The van der Waals surface area contributed by atoms with E-state index in [0.29, 0.717) is 12.8 Å². The summed E-state index contributed by atoms with van der Waals surface area (Å²) in [5.74, 6) is 0.266. The van der Waals surface area contributed by atoms with E-state index in [1.165, 1.54) is 48.5 Å². The van der Waals surface area contributed by atoms with Crippen molar-refractivity contribution in [2.45, 2.75) is 88.9 Å². The molecule has 0 aromatic heterocycles. The summed E-state index contributed by atoms with van der Waals surface area (Å²) in [4.78, 5) is 45.3. The third kappa shape index (κ3) is 12.1. The van der Waals surface area contributed by atoms with Crippen molar-refractivity contribution in [1.29, 1.82) is 0 Å². The van der Waals surface area contributed by atoms with Gasteiger partial charge < -0.3 is 18.9 Å². The summed E-state index contributed by atoms with van der Waals surface area (Å²) in [5, 5.41) is 21.6. The van der Waals surface area contributed by atoms with Gasteiger partial charge >= 0.3 is 12.3 Å². The van der Waals surface area contributed by atoms with E-state index in [-0.39, 0.29) is 32.4 Å². The van der Waals surface area contributed by atoms with E-state index in [1.807, 2.05) is 27.7 Å². The van der Waals surface area contributed by atoms with Gasteiger partial charge in [-0.25, -0.2) is 9.59 Å². The van der Waals surface area contributed by atoms with Crippen LogP contribution in [0, 0.1) is 20.2 Å². The Morgan fingerprint density at radius 2 is 0.905 bits per heavy atom. The number of carbonyl (C=O) groups is 2. The minimum absolute atomic E-state index is 0.118. The van der Waals surface area contributed by atoms with E-state index in [4.69, 9.17) is 18.9 Å². The van der Waals surface area contributed by atoms with Gasteiger partial charge in [0.2, 0.25) is 0 Å². The second-order valence-electron chi connectivity index (χ2n) is 12.0. The fourth-order valence-corrected chi connectivity index (χ4v) is 7.34. The summed E-state index contributed by atoms with van der Waals surface area (Å²) < 4.78 is 20.8. The number of rotatable bonds is 13. The molecule has 2 rings (SSSR count). The van der Waals surface area contributed by atoms with Gasteiger partial charge in [0.1, 0.15) is 22.7 Å². The highest BCUT2D eigenvalue weighted by atomic mass is 33.1. The average Bonchev–Trinajstić information content (AvgIpc) is 2.81. The van der Waals surface area contributed by atoms with E-state index in [0.717, 1.165) is 0 Å². The normalized spacial score (nSPS) is 12.3. The van der Waals surface area contributed by atoms with E-state index in [2.05, 4.69) is 0 Å². The second kappa shape index (κ2) is 13.6. The van der Waals surface area contributed by atoms with Crippen LogP contribution in [0.5, 0.6) is 11.5 Å². The highest BCUT2D eigenvalue weighted by molar-refractivity contribution is 8.77. The zero-order chi connectivity index (χ0) is 31.9. The number of nitro groups is 2. The molecule has 0 unspecified atom stereocenters. The molecule has 0 saturated heterocycles. The number of benzene rings is 2. The van der Waals surface area contributed by atoms with Crippen molar-refractivity contribution in [3.63, 3.8) is 0 Å². The summed E-state index contributed by atoms with van der Waals surface area (Å²) in [7, 11) is 3.22. The molecule has 0 amide bonds. The molecule has 0 aliphatic heterocycles. The van der Waals surface area contributed by atoms with Gasteiger partial charge in [-0.1, -0.05) is 21.6 Å². The molecule has 2 aromatic carbocycles. The van der Waals surface area contributed by atoms with Gasteiger partial charge in [0, 0.05) is 46.6 Å². The van der Waals surface area contributed by atoms with Gasteiger partial charge in [0.25, 0.3) is 11.4 Å². The minimum Gasteiger partial charge on any atom is -0.428 e. The Morgan fingerprint density at radius 3 is 1.17 bits per heavy atom. The number of hydrogen-bond donors (Lipinski definition) is 0. The zero-order valence-electron chi connectivity index (χ0n) is 24.8. The molecule has 42 heavy (non-hydrogen) atoms. The van der Waals surface area contributed by atoms with Crippen molar-refractivity contribution >= 4 is 45.3 Å². The molecular weight excluding hydrogens is 588 g/mol. The fourth-order valence-electron chi connectivity index (χ4n) is 4.36. The van der Waals surface area contributed by atoms with Crippen molar-refractivity contribution in [3.8, 4) is 11.5 Å². The first-order valence-corrected chi connectivity index (χ1v) is 15.0. The van der Waals surface area contributed by atoms with Crippen molar-refractivity contribution < 1.29 is 38.4 Å². The molecule has 0 fully saturated rings. The third-order valence-electron chi connectivity index (χ3n) is 5.41. The van der Waals surface area contributed by atoms with Crippen LogP contribution in [0.2, 0.25) is 0 Å². The van der Waals surface area contributed by atoms with Crippen molar-refractivity contribution in [1.82, 2.24) is 0 Å². The molecular formula is C28H36N2O10S2. The van der Waals surface area contributed by atoms with Crippen molar-refractivity contribution in [2.24, 2.45) is 0 Å². The van der Waals surface area contributed by atoms with Crippen LogP contribution >= 0.6 is 21.6 Å². The standard InChI is InChI=1S/C28H36N2O10S2/c1-25(2,39-23(31)37-21-13-9-19(10-14-21)29(33)34)17-27(5,6)41-42-28(7,8)18-26(3,4)40-24(32)38-22-15-11-20(12-16-22)30(35)36/h9-16H,17-18H2,1-8H3. The van der Waals surface area contributed by atoms with Crippen LogP contribution in [0.3, 0.4) is 0 Å². The SMILES string of the molecule is CC(C)(CC(C)(C)SSC(C)(C)CC(C)(C)OC(=O)Oc1ccc([N+](=O)[O-])cc1)OC(=O)Oc1ccc([N+](=O)[O-])cc1. The first-order chi connectivity index (χ1) is 19.2. The van der Waals surface area contributed by atoms with Crippen LogP contribution < -0.4 is 9.47 Å². The molecule has 0 aliphatic carbocycles. The van der Waals surface area contributed by atoms with Crippen LogP contribution in [0.15, 0.2) is 48.5 Å². The van der Waals surface area contributed by atoms with Crippen LogP contribution in [-0.4, -0.2) is 42.9 Å². The Bertz CT molecular complexity index is 1180. The molecule has 2 aromatic rings. The van der Waals surface area contributed by atoms with Crippen LogP contribution in [0.25, 0.3) is 0 Å². The number of non-ortho nitro benzene ring substituents is 2. The number of nitrogens with zero attached hydrogens (tertiary/aromatic N) is 2. The smallest absolute Gasteiger partial charge is 0.428 e. The molecule has 12 nitrogen and oxygen atoms in total. The monoisotopic (exact) mass is 624 g/mol. The van der Waals surface area contributed by atoms with Gasteiger partial charge in [-0.05, 0) is 79.7 Å². The number of ether oxygens (including phenoxy) is 4. The maximum atomic E-state index is 12.4. The van der Waals surface area contributed by atoms with E-state index in [9.17, 15) is 29.8 Å². The maximum absolute atomic E-state index is 12.4. The Kier molecular flexibility index (Phi) is 11.3. The highest BCUT2D eigenvalue weighted by Gasteiger charge is 2.38. The van der Waals surface area contributed by atoms with Gasteiger partial charge in [0.05, 0.1) is 9.85 Å². The van der Waals surface area contributed by atoms with Crippen LogP contribution in [0.4, 0.5) is 21.0 Å². The van der Waals surface area contributed by atoms with Gasteiger partial charge in [-0.2, -0.15) is 0 Å². The molecule has 230 valence electrons. The number of hydrogen-bond acceptors (Lipinski definition) is 12. The zero-order valence-corrected chi connectivity index (χ0v) is 26.5. The number of carbonyl (C=O) groups excluding carboxylic acids is 2. The molecule has 0 bridgehead atoms. The Balaban J connectivity index is 1.87. The summed E-state index contributed by atoms with van der Waals surface area (Å²) >= 11 is 0. The van der Waals surface area contributed by atoms with Crippen LogP contribution in [0.1, 0.15) is 68.2 Å². The first-order valence-electron chi connectivity index (χ1n) is 12.9. The quantitative estimate of drug-likeness (QED) is 0.0688. The average molecular weight is 625 g/mol. The van der Waals surface area contributed by atoms with Gasteiger partial charge in [-0.3, -0.25) is 20.2 Å². The lowest BCUT2D eigenvalue weighted by Gasteiger charge is -2.37. The third-order valence-corrected chi connectivity index (χ3v) is 9.64. The van der Waals surface area contributed by atoms with Crippen molar-refractivity contribution in [2.75, 3.05) is 0 Å². The maximum Gasteiger partial charge on any atom is 0.514 e. The lowest BCUT2D eigenvalue weighted by Crippen LogP contribution is -2.38. The van der Waals surface area contributed by atoms with Gasteiger partial charge in [-0.15, -0.1) is 0 Å². The fraction of sp³-hybridized carbons (Fsp3) is 0.500. The van der Waals surface area contributed by atoms with Gasteiger partial charge in [0.15, 0.2) is 0 Å². The predicted octanol–water partition coefficient (Wildman–Crippen LogP) is 8.51. The highest BCUT2D eigenvalue weighted by Crippen LogP contribution is 2.49. The minimum atomic E-state index is -0.915. The lowest BCUT2D eigenvalue weighted by molar-refractivity contribution is -0.385. The molecule has 0 atom stereocenters. The molecule has 0 aliphatic rings. The molecule has 0 heterocycles. The summed E-state index contributed by atoms with van der Waals surface area (Å²) in [6.07, 6.45) is -0.876. The number of nitro benzene ring substituents is 2. The molecule has 14 heteroatoms. The molecule has 0 N–H and O–H groups in total. The molecule has 0 spiro atoms.